The molecule has 0 bridgehead atoms. The average Bonchev–Trinajstić information content (AvgIpc) is 3.14. The summed E-state index contributed by atoms with van der Waals surface area (Å²) >= 11 is 0. The molecule has 0 fully saturated rings. The van der Waals surface area contributed by atoms with E-state index in [1.807, 2.05) is 26.0 Å². The largest absolute Gasteiger partial charge is 0.494 e. The molecule has 0 spiro atoms. The van der Waals surface area contributed by atoms with Gasteiger partial charge in [0.25, 0.3) is 5.91 Å². The van der Waals surface area contributed by atoms with E-state index in [4.69, 9.17) is 9.15 Å². The molecule has 0 saturated carbocycles. The third kappa shape index (κ3) is 2.73. The van der Waals surface area contributed by atoms with Crippen molar-refractivity contribution in [2.45, 2.75) is 13.8 Å². The van der Waals surface area contributed by atoms with Crippen molar-refractivity contribution in [1.29, 1.82) is 0 Å². The van der Waals surface area contributed by atoms with Gasteiger partial charge in [-0.1, -0.05) is 0 Å². The second-order valence-corrected chi connectivity index (χ2v) is 5.94. The third-order valence-corrected chi connectivity index (χ3v) is 4.20. The highest BCUT2D eigenvalue weighted by molar-refractivity contribution is 6.07. The molecular weight excluding hydrogens is 334 g/mol. The van der Waals surface area contributed by atoms with E-state index in [2.05, 4.69) is 15.3 Å². The van der Waals surface area contributed by atoms with Crippen molar-refractivity contribution >= 4 is 33.6 Å². The number of nitrogens with one attached hydrogen (secondary N) is 3. The predicted octanol–water partition coefficient (Wildman–Crippen LogP) is 3.56. The first-order chi connectivity index (χ1) is 12.5. The van der Waals surface area contributed by atoms with Gasteiger partial charge in [-0.2, -0.15) is 0 Å². The minimum Gasteiger partial charge on any atom is -0.494 e. The summed E-state index contributed by atoms with van der Waals surface area (Å²) < 4.78 is 11.2. The first kappa shape index (κ1) is 16.0. The number of hydrogen-bond donors (Lipinski definition) is 3. The Hall–Kier alpha value is -3.48. The van der Waals surface area contributed by atoms with Crippen LogP contribution in [-0.4, -0.2) is 22.5 Å². The van der Waals surface area contributed by atoms with Crippen molar-refractivity contribution in [2.24, 2.45) is 0 Å². The number of hydrogen-bond acceptors (Lipinski definition) is 4. The number of carbonyl (C=O) groups is 1. The Balaban J connectivity index is 1.66. The highest BCUT2D eigenvalue weighted by Gasteiger charge is 2.18. The van der Waals surface area contributed by atoms with E-state index in [1.165, 1.54) is 0 Å². The first-order valence-corrected chi connectivity index (χ1v) is 8.24. The molecule has 7 heteroatoms. The van der Waals surface area contributed by atoms with Crippen molar-refractivity contribution in [3.05, 3.63) is 58.2 Å². The minimum absolute atomic E-state index is 0.247. The third-order valence-electron chi connectivity index (χ3n) is 4.20. The standard InChI is InChI=1S/C19H17N3O4/c1-3-25-12-5-7-16-13(9-12)10(2)17(26-16)18(23)20-11-4-6-14-15(8-11)22-19(24)21-14/h4-9H,3H2,1-2H3,(H,20,23)(H2,21,22,24). The summed E-state index contributed by atoms with van der Waals surface area (Å²) in [6.07, 6.45) is 0. The maximum Gasteiger partial charge on any atom is 0.323 e. The summed E-state index contributed by atoms with van der Waals surface area (Å²) in [6.45, 7) is 4.32. The van der Waals surface area contributed by atoms with Gasteiger partial charge in [0.1, 0.15) is 11.3 Å². The number of aromatic nitrogens is 2. The maximum absolute atomic E-state index is 12.6. The Labute approximate surface area is 148 Å². The SMILES string of the molecule is CCOc1ccc2oc(C(=O)Nc3ccc4[nH]c(=O)[nH]c4c3)c(C)c2c1. The van der Waals surface area contributed by atoms with E-state index in [0.717, 1.165) is 16.7 Å². The lowest BCUT2D eigenvalue weighted by Gasteiger charge is -2.04. The van der Waals surface area contributed by atoms with Gasteiger partial charge in [-0.15, -0.1) is 0 Å². The Kier molecular flexibility index (Phi) is 3.76. The summed E-state index contributed by atoms with van der Waals surface area (Å²) in [5.74, 6) is 0.628. The second-order valence-electron chi connectivity index (χ2n) is 5.94. The van der Waals surface area contributed by atoms with Gasteiger partial charge in [0.15, 0.2) is 5.76 Å². The molecule has 0 radical (unpaired) electrons. The van der Waals surface area contributed by atoms with Crippen LogP contribution in [0.4, 0.5) is 5.69 Å². The Morgan fingerprint density at radius 1 is 1.15 bits per heavy atom. The number of aromatic amines is 2. The van der Waals surface area contributed by atoms with Crippen molar-refractivity contribution in [2.75, 3.05) is 11.9 Å². The van der Waals surface area contributed by atoms with Crippen molar-refractivity contribution in [3.8, 4) is 5.75 Å². The van der Waals surface area contributed by atoms with E-state index in [9.17, 15) is 9.59 Å². The van der Waals surface area contributed by atoms with E-state index >= 15 is 0 Å². The number of furan rings is 1. The number of carbonyl (C=O) groups excluding carboxylic acids is 1. The van der Waals surface area contributed by atoms with Crippen LogP contribution in [0.25, 0.3) is 22.0 Å². The lowest BCUT2D eigenvalue weighted by Crippen LogP contribution is -2.12. The number of amides is 1. The number of ether oxygens (including phenoxy) is 1. The number of fused-ring (bicyclic) bond motifs is 2. The molecule has 4 rings (SSSR count). The molecule has 2 heterocycles. The van der Waals surface area contributed by atoms with Crippen LogP contribution in [0, 0.1) is 6.92 Å². The quantitative estimate of drug-likeness (QED) is 0.523. The van der Waals surface area contributed by atoms with E-state index < -0.39 is 0 Å². The van der Waals surface area contributed by atoms with E-state index in [1.54, 1.807) is 24.3 Å². The van der Waals surface area contributed by atoms with E-state index in [-0.39, 0.29) is 17.4 Å². The number of aryl methyl sites for hydroxylation is 1. The molecule has 1 amide bonds. The average molecular weight is 351 g/mol. The van der Waals surface area contributed by atoms with Crippen molar-refractivity contribution in [1.82, 2.24) is 9.97 Å². The fourth-order valence-corrected chi connectivity index (χ4v) is 2.97. The number of benzene rings is 2. The molecule has 0 aliphatic carbocycles. The van der Waals surface area contributed by atoms with Gasteiger partial charge in [0.2, 0.25) is 0 Å². The molecule has 0 atom stereocenters. The van der Waals surface area contributed by atoms with Gasteiger partial charge >= 0.3 is 5.69 Å². The molecule has 4 aromatic rings. The zero-order valence-electron chi connectivity index (χ0n) is 14.3. The van der Waals surface area contributed by atoms with E-state index in [0.29, 0.717) is 28.9 Å². The van der Waals surface area contributed by atoms with Gasteiger partial charge < -0.3 is 24.4 Å². The minimum atomic E-state index is -0.353. The number of H-pyrrole nitrogens is 2. The number of rotatable bonds is 4. The van der Waals surface area contributed by atoms with Gasteiger partial charge in [-0.25, -0.2) is 4.79 Å². The molecule has 0 saturated heterocycles. The van der Waals surface area contributed by atoms with Crippen LogP contribution in [0.3, 0.4) is 0 Å². The maximum atomic E-state index is 12.6. The lowest BCUT2D eigenvalue weighted by atomic mass is 10.1. The summed E-state index contributed by atoms with van der Waals surface area (Å²) in [7, 11) is 0. The molecule has 0 aliphatic rings. The molecule has 26 heavy (non-hydrogen) atoms. The molecular formula is C19H17N3O4. The predicted molar refractivity (Wildman–Crippen MR) is 99.0 cm³/mol. The molecule has 0 aliphatic heterocycles. The second kappa shape index (κ2) is 6.11. The van der Waals surface area contributed by atoms with Crippen LogP contribution in [0.2, 0.25) is 0 Å². The smallest absolute Gasteiger partial charge is 0.323 e. The monoisotopic (exact) mass is 351 g/mol. The lowest BCUT2D eigenvalue weighted by molar-refractivity contribution is 0.0998. The topological polar surface area (TPSA) is 100 Å². The molecule has 0 unspecified atom stereocenters. The molecule has 7 nitrogen and oxygen atoms in total. The number of imidazole rings is 1. The molecule has 2 aromatic heterocycles. The van der Waals surface area contributed by atoms with Crippen LogP contribution in [0.5, 0.6) is 5.75 Å². The highest BCUT2D eigenvalue weighted by atomic mass is 16.5. The summed E-state index contributed by atoms with van der Waals surface area (Å²) in [6, 6.07) is 10.6. The van der Waals surface area contributed by atoms with Crippen LogP contribution in [0.1, 0.15) is 23.0 Å². The molecule has 132 valence electrons. The highest BCUT2D eigenvalue weighted by Crippen LogP contribution is 2.29. The van der Waals surface area contributed by atoms with Crippen LogP contribution >= 0.6 is 0 Å². The fraction of sp³-hybridized carbons (Fsp3) is 0.158. The van der Waals surface area contributed by atoms with Crippen LogP contribution in [0.15, 0.2) is 45.6 Å². The first-order valence-electron chi connectivity index (χ1n) is 8.24. The zero-order chi connectivity index (χ0) is 18.3. The summed E-state index contributed by atoms with van der Waals surface area (Å²) in [5.41, 5.74) is 2.94. The van der Waals surface area contributed by atoms with Crippen molar-refractivity contribution < 1.29 is 13.9 Å². The van der Waals surface area contributed by atoms with Crippen LogP contribution < -0.4 is 15.7 Å². The van der Waals surface area contributed by atoms with Crippen LogP contribution in [-0.2, 0) is 0 Å². The summed E-state index contributed by atoms with van der Waals surface area (Å²) in [5, 5.41) is 3.64. The zero-order valence-corrected chi connectivity index (χ0v) is 14.3. The summed E-state index contributed by atoms with van der Waals surface area (Å²) in [4.78, 5) is 29.3. The Bertz CT molecular complexity index is 1180. The molecule has 2 aromatic carbocycles. The molecule has 3 N–H and O–H groups in total. The van der Waals surface area contributed by atoms with Gasteiger partial charge in [-0.3, -0.25) is 4.79 Å². The van der Waals surface area contributed by atoms with Crippen molar-refractivity contribution in [3.63, 3.8) is 0 Å². The van der Waals surface area contributed by atoms with Gasteiger partial charge in [0, 0.05) is 16.6 Å². The fourth-order valence-electron chi connectivity index (χ4n) is 2.97. The normalized spacial score (nSPS) is 11.2. The Morgan fingerprint density at radius 2 is 1.96 bits per heavy atom. The number of anilines is 1. The van der Waals surface area contributed by atoms with Gasteiger partial charge in [0.05, 0.1) is 17.6 Å². The Morgan fingerprint density at radius 3 is 2.77 bits per heavy atom. The van der Waals surface area contributed by atoms with Gasteiger partial charge in [-0.05, 0) is 50.2 Å².